The molecule has 0 aromatic heterocycles. The number of nitrogens with two attached hydrogens (primary N) is 1. The van der Waals surface area contributed by atoms with E-state index in [-0.39, 0.29) is 5.54 Å². The van der Waals surface area contributed by atoms with Gasteiger partial charge in [0.15, 0.2) is 0 Å². The van der Waals surface area contributed by atoms with E-state index in [1.165, 1.54) is 11.1 Å². The summed E-state index contributed by atoms with van der Waals surface area (Å²) in [5, 5.41) is 0. The smallest absolute Gasteiger partial charge is 0.0479 e. The van der Waals surface area contributed by atoms with Gasteiger partial charge in [-0.25, -0.2) is 0 Å². The molecule has 0 aliphatic heterocycles. The van der Waals surface area contributed by atoms with Crippen LogP contribution in [0.4, 0.5) is 0 Å². The molecule has 0 aliphatic rings. The number of rotatable bonds is 5. The molecule has 1 atom stereocenters. The zero-order valence-corrected chi connectivity index (χ0v) is 9.92. The molecule has 0 amide bonds. The van der Waals surface area contributed by atoms with Crippen molar-refractivity contribution in [3.8, 4) is 0 Å². The van der Waals surface area contributed by atoms with Gasteiger partial charge < -0.3 is 10.5 Å². The molecule has 2 N–H and O–H groups in total. The Morgan fingerprint density at radius 2 is 1.87 bits per heavy atom. The summed E-state index contributed by atoms with van der Waals surface area (Å²) < 4.78 is 5.05. The van der Waals surface area contributed by atoms with E-state index in [0.29, 0.717) is 0 Å². The van der Waals surface area contributed by atoms with Gasteiger partial charge in [0.25, 0.3) is 0 Å². The van der Waals surface area contributed by atoms with Gasteiger partial charge in [-0.3, -0.25) is 0 Å². The van der Waals surface area contributed by atoms with Crippen LogP contribution in [0, 0.1) is 6.92 Å². The van der Waals surface area contributed by atoms with Crippen molar-refractivity contribution in [2.24, 2.45) is 5.73 Å². The van der Waals surface area contributed by atoms with Crippen molar-refractivity contribution in [1.82, 2.24) is 0 Å². The normalized spacial score (nSPS) is 14.9. The third-order valence-electron chi connectivity index (χ3n) is 2.61. The summed E-state index contributed by atoms with van der Waals surface area (Å²) in [5.74, 6) is 0. The molecule has 0 saturated heterocycles. The summed E-state index contributed by atoms with van der Waals surface area (Å²) in [5.41, 5.74) is 8.60. The van der Waals surface area contributed by atoms with Crippen molar-refractivity contribution in [2.45, 2.75) is 32.2 Å². The maximum Gasteiger partial charge on any atom is 0.0479 e. The molecule has 1 aromatic rings. The summed E-state index contributed by atoms with van der Waals surface area (Å²) in [4.78, 5) is 0. The second-order valence-electron chi connectivity index (χ2n) is 4.56. The van der Waals surface area contributed by atoms with E-state index in [9.17, 15) is 0 Å². The van der Waals surface area contributed by atoms with E-state index in [4.69, 9.17) is 10.5 Å². The second-order valence-corrected chi connectivity index (χ2v) is 4.56. The monoisotopic (exact) mass is 207 g/mol. The van der Waals surface area contributed by atoms with Crippen LogP contribution in [0.5, 0.6) is 0 Å². The highest BCUT2D eigenvalue weighted by Gasteiger charge is 2.18. The minimum Gasteiger partial charge on any atom is -0.385 e. The van der Waals surface area contributed by atoms with E-state index in [1.807, 2.05) is 0 Å². The first-order valence-electron chi connectivity index (χ1n) is 5.37. The molecular weight excluding hydrogens is 186 g/mol. The SMILES string of the molecule is COCCC(C)(N)Cc1ccc(C)cc1. The molecule has 0 saturated carbocycles. The first-order valence-corrected chi connectivity index (χ1v) is 5.37. The average Bonchev–Trinajstić information content (AvgIpc) is 2.18. The van der Waals surface area contributed by atoms with E-state index < -0.39 is 0 Å². The number of hydrogen-bond donors (Lipinski definition) is 1. The van der Waals surface area contributed by atoms with Crippen LogP contribution < -0.4 is 5.73 Å². The van der Waals surface area contributed by atoms with Crippen LogP contribution >= 0.6 is 0 Å². The molecule has 84 valence electrons. The fourth-order valence-electron chi connectivity index (χ4n) is 1.60. The van der Waals surface area contributed by atoms with Gasteiger partial charge in [0.1, 0.15) is 0 Å². The van der Waals surface area contributed by atoms with Crippen molar-refractivity contribution in [3.05, 3.63) is 35.4 Å². The molecule has 0 radical (unpaired) electrons. The molecule has 0 heterocycles. The number of ether oxygens (including phenoxy) is 1. The highest BCUT2D eigenvalue weighted by atomic mass is 16.5. The lowest BCUT2D eigenvalue weighted by Gasteiger charge is -2.24. The largest absolute Gasteiger partial charge is 0.385 e. The standard InChI is InChI=1S/C13H21NO/c1-11-4-6-12(7-5-11)10-13(2,14)8-9-15-3/h4-7H,8-10,14H2,1-3H3. The van der Waals surface area contributed by atoms with E-state index in [2.05, 4.69) is 38.1 Å². The topological polar surface area (TPSA) is 35.2 Å². The average molecular weight is 207 g/mol. The van der Waals surface area contributed by atoms with Crippen molar-refractivity contribution >= 4 is 0 Å². The van der Waals surface area contributed by atoms with E-state index in [1.54, 1.807) is 7.11 Å². The number of hydrogen-bond acceptors (Lipinski definition) is 2. The molecule has 0 aliphatic carbocycles. The Labute approximate surface area is 92.4 Å². The molecule has 15 heavy (non-hydrogen) atoms. The van der Waals surface area contributed by atoms with Gasteiger partial charge in [-0.15, -0.1) is 0 Å². The van der Waals surface area contributed by atoms with Crippen molar-refractivity contribution < 1.29 is 4.74 Å². The minimum atomic E-state index is -0.175. The first kappa shape index (κ1) is 12.2. The van der Waals surface area contributed by atoms with Gasteiger partial charge in [-0.1, -0.05) is 29.8 Å². The fourth-order valence-corrected chi connectivity index (χ4v) is 1.60. The predicted molar refractivity (Wildman–Crippen MR) is 64.0 cm³/mol. The van der Waals surface area contributed by atoms with Gasteiger partial charge in [0, 0.05) is 19.3 Å². The quantitative estimate of drug-likeness (QED) is 0.804. The van der Waals surface area contributed by atoms with E-state index >= 15 is 0 Å². The highest BCUT2D eigenvalue weighted by molar-refractivity contribution is 5.22. The van der Waals surface area contributed by atoms with Crippen LogP contribution in [-0.2, 0) is 11.2 Å². The maximum absolute atomic E-state index is 6.19. The third-order valence-corrected chi connectivity index (χ3v) is 2.61. The predicted octanol–water partition coefficient (Wildman–Crippen LogP) is 2.29. The molecule has 2 nitrogen and oxygen atoms in total. The van der Waals surface area contributed by atoms with Gasteiger partial charge in [0.2, 0.25) is 0 Å². The van der Waals surface area contributed by atoms with Crippen LogP contribution in [0.2, 0.25) is 0 Å². The highest BCUT2D eigenvalue weighted by Crippen LogP contribution is 2.14. The third kappa shape index (κ3) is 4.45. The maximum atomic E-state index is 6.19. The van der Waals surface area contributed by atoms with Gasteiger partial charge in [0.05, 0.1) is 0 Å². The van der Waals surface area contributed by atoms with Crippen LogP contribution in [0.3, 0.4) is 0 Å². The zero-order chi connectivity index (χ0) is 11.3. The molecule has 1 unspecified atom stereocenters. The lowest BCUT2D eigenvalue weighted by Crippen LogP contribution is -2.39. The van der Waals surface area contributed by atoms with Gasteiger partial charge in [-0.05, 0) is 32.3 Å². The molecule has 0 bridgehead atoms. The lowest BCUT2D eigenvalue weighted by atomic mass is 9.91. The van der Waals surface area contributed by atoms with Gasteiger partial charge >= 0.3 is 0 Å². The lowest BCUT2D eigenvalue weighted by molar-refractivity contribution is 0.171. The molecule has 1 rings (SSSR count). The number of benzene rings is 1. The zero-order valence-electron chi connectivity index (χ0n) is 9.92. The Morgan fingerprint density at radius 3 is 2.40 bits per heavy atom. The Morgan fingerprint density at radius 1 is 1.27 bits per heavy atom. The van der Waals surface area contributed by atoms with Crippen molar-refractivity contribution in [1.29, 1.82) is 0 Å². The fraction of sp³-hybridized carbons (Fsp3) is 0.538. The van der Waals surface area contributed by atoms with Crippen LogP contribution in [0.15, 0.2) is 24.3 Å². The van der Waals surface area contributed by atoms with Crippen LogP contribution in [-0.4, -0.2) is 19.3 Å². The summed E-state index contributed by atoms with van der Waals surface area (Å²) in [6.07, 6.45) is 1.79. The Balaban J connectivity index is 2.56. The molecule has 0 spiro atoms. The van der Waals surface area contributed by atoms with E-state index in [0.717, 1.165) is 19.4 Å². The van der Waals surface area contributed by atoms with Crippen LogP contribution in [0.1, 0.15) is 24.5 Å². The van der Waals surface area contributed by atoms with Crippen LogP contribution in [0.25, 0.3) is 0 Å². The number of aryl methyl sites for hydroxylation is 1. The summed E-state index contributed by atoms with van der Waals surface area (Å²) in [6, 6.07) is 8.55. The molecular formula is C13H21NO. The Hall–Kier alpha value is -0.860. The molecule has 0 fully saturated rings. The summed E-state index contributed by atoms with van der Waals surface area (Å²) in [7, 11) is 1.71. The summed E-state index contributed by atoms with van der Waals surface area (Å²) >= 11 is 0. The first-order chi connectivity index (χ1) is 7.03. The molecule has 1 aromatic carbocycles. The second kappa shape index (κ2) is 5.29. The minimum absolute atomic E-state index is 0.175. The molecule has 2 heteroatoms. The van der Waals surface area contributed by atoms with Crippen molar-refractivity contribution in [2.75, 3.05) is 13.7 Å². The number of methoxy groups -OCH3 is 1. The van der Waals surface area contributed by atoms with Gasteiger partial charge in [-0.2, -0.15) is 0 Å². The Bertz CT molecular complexity index is 290. The summed E-state index contributed by atoms with van der Waals surface area (Å²) in [6.45, 7) is 4.89. The van der Waals surface area contributed by atoms with Crippen molar-refractivity contribution in [3.63, 3.8) is 0 Å². The Kier molecular flexibility index (Phi) is 4.30.